The van der Waals surface area contributed by atoms with Crippen molar-refractivity contribution in [3.63, 3.8) is 0 Å². The van der Waals surface area contributed by atoms with Gasteiger partial charge in [-0.2, -0.15) is 0 Å². The van der Waals surface area contributed by atoms with Gasteiger partial charge in [0.15, 0.2) is 17.9 Å². The van der Waals surface area contributed by atoms with E-state index in [1.54, 1.807) is 20.3 Å². The van der Waals surface area contributed by atoms with Crippen LogP contribution in [0.25, 0.3) is 0 Å². The molecule has 0 radical (unpaired) electrons. The fraction of sp³-hybridized carbons (Fsp3) is 0.621. The number of carbonyl (C=O) groups excluding carboxylic acids is 1. The van der Waals surface area contributed by atoms with Crippen LogP contribution in [0.3, 0.4) is 0 Å². The highest BCUT2D eigenvalue weighted by molar-refractivity contribution is 5.98. The Bertz CT molecular complexity index is 1060. The number of rotatable bonds is 4. The predicted octanol–water partition coefficient (Wildman–Crippen LogP) is 4.59. The van der Waals surface area contributed by atoms with Gasteiger partial charge in [-0.3, -0.25) is 4.79 Å². The molecule has 4 aliphatic carbocycles. The SMILES string of the molecule is COC1(OC)CCC2=C3[C@@H](CC[C@@]2(O)C1)[C@@H]1C=CC(=O)[C@@]1(C)C[C@@H]3c1ccc(C2OCCO2)cc1. The van der Waals surface area contributed by atoms with Crippen molar-refractivity contribution in [2.24, 2.45) is 17.3 Å². The summed E-state index contributed by atoms with van der Waals surface area (Å²) < 4.78 is 22.9. The minimum Gasteiger partial charge on any atom is -0.385 e. The summed E-state index contributed by atoms with van der Waals surface area (Å²) in [4.78, 5) is 13.1. The smallest absolute Gasteiger partial charge is 0.184 e. The Morgan fingerprint density at radius 3 is 2.40 bits per heavy atom. The van der Waals surface area contributed by atoms with Gasteiger partial charge >= 0.3 is 0 Å². The molecule has 0 unspecified atom stereocenters. The minimum atomic E-state index is -0.945. The number of fused-ring (bicyclic) bond motifs is 4. The Morgan fingerprint density at radius 1 is 1.03 bits per heavy atom. The summed E-state index contributed by atoms with van der Waals surface area (Å²) in [6, 6.07) is 8.51. The Morgan fingerprint density at radius 2 is 1.71 bits per heavy atom. The van der Waals surface area contributed by atoms with Gasteiger partial charge in [-0.15, -0.1) is 0 Å². The molecule has 35 heavy (non-hydrogen) atoms. The number of allylic oxidation sites excluding steroid dienone is 3. The zero-order valence-electron chi connectivity index (χ0n) is 20.9. The first-order valence-electron chi connectivity index (χ1n) is 12.9. The fourth-order valence-corrected chi connectivity index (χ4v) is 7.73. The van der Waals surface area contributed by atoms with Gasteiger partial charge in [-0.05, 0) is 54.7 Å². The molecule has 0 spiro atoms. The number of benzene rings is 1. The van der Waals surface area contributed by atoms with E-state index in [1.165, 1.54) is 11.1 Å². The topological polar surface area (TPSA) is 74.2 Å². The lowest BCUT2D eigenvalue weighted by molar-refractivity contribution is -0.246. The van der Waals surface area contributed by atoms with Crippen molar-refractivity contribution < 1.29 is 28.8 Å². The standard InChI is InChI=1S/C29H36O6/c1-27-16-21(18-4-6-19(7-5-18)26-34-14-15-35-26)25-20(22(27)8-9-24(27)30)10-12-28(31)17-29(32-2,33-3)13-11-23(25)28/h4-9,20-22,26,31H,10-17H2,1-3H3/t20-,21+,22-,27-,28+/m0/s1. The molecule has 2 saturated carbocycles. The molecule has 0 aromatic heterocycles. The van der Waals surface area contributed by atoms with E-state index in [0.717, 1.165) is 30.4 Å². The Kier molecular flexibility index (Phi) is 5.62. The van der Waals surface area contributed by atoms with Crippen LogP contribution in [0.1, 0.15) is 68.8 Å². The molecule has 5 aliphatic rings. The second kappa shape index (κ2) is 8.35. The molecule has 1 aromatic rings. The molecule has 6 nitrogen and oxygen atoms in total. The van der Waals surface area contributed by atoms with Crippen molar-refractivity contribution in [3.05, 3.63) is 58.7 Å². The molecule has 1 aliphatic heterocycles. The number of hydrogen-bond acceptors (Lipinski definition) is 6. The van der Waals surface area contributed by atoms with Crippen LogP contribution in [0.15, 0.2) is 47.6 Å². The monoisotopic (exact) mass is 480 g/mol. The molecular formula is C29H36O6. The van der Waals surface area contributed by atoms with Crippen molar-refractivity contribution in [2.75, 3.05) is 27.4 Å². The summed E-state index contributed by atoms with van der Waals surface area (Å²) in [5.41, 5.74) is 3.37. The molecule has 0 amide bonds. The maximum Gasteiger partial charge on any atom is 0.184 e. The van der Waals surface area contributed by atoms with Crippen LogP contribution in [0, 0.1) is 17.3 Å². The zero-order chi connectivity index (χ0) is 24.4. The van der Waals surface area contributed by atoms with Crippen LogP contribution in [0.5, 0.6) is 0 Å². The van der Waals surface area contributed by atoms with Crippen molar-refractivity contribution in [1.82, 2.24) is 0 Å². The lowest BCUT2D eigenvalue weighted by Gasteiger charge is -2.55. The lowest BCUT2D eigenvalue weighted by Crippen LogP contribution is -2.54. The van der Waals surface area contributed by atoms with Crippen LogP contribution in [-0.4, -0.2) is 49.7 Å². The minimum absolute atomic E-state index is 0.0870. The first kappa shape index (κ1) is 23.6. The average molecular weight is 481 g/mol. The van der Waals surface area contributed by atoms with Gasteiger partial charge in [0.1, 0.15) is 0 Å². The largest absolute Gasteiger partial charge is 0.385 e. The highest BCUT2D eigenvalue weighted by Gasteiger charge is 2.58. The van der Waals surface area contributed by atoms with E-state index < -0.39 is 16.8 Å². The molecule has 5 atom stereocenters. The molecule has 0 bridgehead atoms. The number of ketones is 1. The average Bonchev–Trinajstić information content (AvgIpc) is 3.51. The second-order valence-electron chi connectivity index (χ2n) is 11.3. The number of aliphatic hydroxyl groups is 1. The number of carbonyl (C=O) groups is 1. The molecule has 1 aromatic carbocycles. The van der Waals surface area contributed by atoms with Gasteiger partial charge in [0.05, 0.1) is 18.8 Å². The van der Waals surface area contributed by atoms with Gasteiger partial charge in [0.25, 0.3) is 0 Å². The summed E-state index contributed by atoms with van der Waals surface area (Å²) in [6.07, 6.45) is 7.81. The maximum absolute atomic E-state index is 13.1. The van der Waals surface area contributed by atoms with Crippen molar-refractivity contribution >= 4 is 5.78 Å². The third-order valence-corrected chi connectivity index (χ3v) is 9.66. The predicted molar refractivity (Wildman–Crippen MR) is 129 cm³/mol. The van der Waals surface area contributed by atoms with Crippen LogP contribution in [0.4, 0.5) is 0 Å². The van der Waals surface area contributed by atoms with Crippen LogP contribution >= 0.6 is 0 Å². The normalized spacial score (nSPS) is 38.4. The molecule has 1 heterocycles. The lowest BCUT2D eigenvalue weighted by atomic mass is 9.51. The summed E-state index contributed by atoms with van der Waals surface area (Å²) in [7, 11) is 3.33. The van der Waals surface area contributed by atoms with E-state index in [-0.39, 0.29) is 29.8 Å². The molecule has 1 N–H and O–H groups in total. The van der Waals surface area contributed by atoms with E-state index in [1.807, 2.05) is 0 Å². The maximum atomic E-state index is 13.1. The van der Waals surface area contributed by atoms with Crippen LogP contribution in [0.2, 0.25) is 0 Å². The van der Waals surface area contributed by atoms with Gasteiger partial charge in [0, 0.05) is 44.0 Å². The van der Waals surface area contributed by atoms with Crippen LogP contribution in [-0.2, 0) is 23.7 Å². The Balaban J connectivity index is 1.44. The summed E-state index contributed by atoms with van der Waals surface area (Å²) >= 11 is 0. The zero-order valence-corrected chi connectivity index (χ0v) is 20.9. The van der Waals surface area contributed by atoms with E-state index >= 15 is 0 Å². The second-order valence-corrected chi connectivity index (χ2v) is 11.3. The summed E-state index contributed by atoms with van der Waals surface area (Å²) in [5, 5.41) is 12.0. The third-order valence-electron chi connectivity index (χ3n) is 9.66. The first-order valence-corrected chi connectivity index (χ1v) is 12.9. The first-order chi connectivity index (χ1) is 16.8. The van der Waals surface area contributed by atoms with E-state index in [4.69, 9.17) is 18.9 Å². The van der Waals surface area contributed by atoms with Crippen molar-refractivity contribution in [3.8, 4) is 0 Å². The molecule has 3 fully saturated rings. The van der Waals surface area contributed by atoms with Gasteiger partial charge in [-0.25, -0.2) is 0 Å². The molecule has 188 valence electrons. The number of ether oxygens (including phenoxy) is 4. The summed E-state index contributed by atoms with van der Waals surface area (Å²) in [6.45, 7) is 3.38. The number of hydrogen-bond donors (Lipinski definition) is 1. The quantitative estimate of drug-likeness (QED) is 0.502. The fourth-order valence-electron chi connectivity index (χ4n) is 7.73. The van der Waals surface area contributed by atoms with E-state index in [2.05, 4.69) is 37.3 Å². The summed E-state index contributed by atoms with van der Waals surface area (Å²) in [5.74, 6) is 0.0216. The Hall–Kier alpha value is -1.83. The third kappa shape index (κ3) is 3.52. The Labute approximate surface area is 207 Å². The van der Waals surface area contributed by atoms with E-state index in [9.17, 15) is 9.90 Å². The highest BCUT2D eigenvalue weighted by atomic mass is 16.7. The number of methoxy groups -OCH3 is 2. The molecule has 6 rings (SSSR count). The van der Waals surface area contributed by atoms with Gasteiger partial charge in [0.2, 0.25) is 0 Å². The van der Waals surface area contributed by atoms with Crippen molar-refractivity contribution in [2.45, 2.75) is 69.0 Å². The molecular weight excluding hydrogens is 444 g/mol. The van der Waals surface area contributed by atoms with Crippen molar-refractivity contribution in [1.29, 1.82) is 0 Å². The van der Waals surface area contributed by atoms with Crippen LogP contribution < -0.4 is 0 Å². The van der Waals surface area contributed by atoms with Gasteiger partial charge in [-0.1, -0.05) is 42.8 Å². The van der Waals surface area contributed by atoms with E-state index in [0.29, 0.717) is 32.5 Å². The molecule has 1 saturated heterocycles. The van der Waals surface area contributed by atoms with Gasteiger partial charge < -0.3 is 24.1 Å². The molecule has 6 heteroatoms. The highest BCUT2D eigenvalue weighted by Crippen LogP contribution is 2.63.